The fourth-order valence-electron chi connectivity index (χ4n) is 3.42. The van der Waals surface area contributed by atoms with Gasteiger partial charge in [0.25, 0.3) is 17.7 Å². The summed E-state index contributed by atoms with van der Waals surface area (Å²) in [5, 5.41) is 14.4. The Morgan fingerprint density at radius 1 is 0.829 bits per heavy atom. The van der Waals surface area contributed by atoms with Crippen LogP contribution in [-0.2, 0) is 11.3 Å². The van der Waals surface area contributed by atoms with Crippen LogP contribution >= 0.6 is 0 Å². The van der Waals surface area contributed by atoms with E-state index in [1.807, 2.05) is 0 Å². The summed E-state index contributed by atoms with van der Waals surface area (Å²) in [4.78, 5) is 36.7. The maximum absolute atomic E-state index is 13.4. The van der Waals surface area contributed by atoms with Crippen LogP contribution in [0.25, 0.3) is 11.6 Å². The van der Waals surface area contributed by atoms with Crippen molar-refractivity contribution in [2.45, 2.75) is 25.4 Å². The Hall–Kier alpha value is -4.30. The molecule has 0 saturated heterocycles. The van der Waals surface area contributed by atoms with Crippen LogP contribution in [0.3, 0.4) is 0 Å². The van der Waals surface area contributed by atoms with Crippen molar-refractivity contribution in [3.05, 3.63) is 106 Å². The fraction of sp³-hybridized carbons (Fsp3) is 0.148. The second kappa shape index (κ2) is 10.8. The molecule has 0 aromatic heterocycles. The number of nitrogens with one attached hydrogen (secondary N) is 3. The molecule has 4 rings (SSSR count). The fourth-order valence-corrected chi connectivity index (χ4v) is 3.42. The Labute approximate surface area is 201 Å². The molecule has 0 atom stereocenters. The molecule has 0 unspecified atom stereocenters. The van der Waals surface area contributed by atoms with E-state index in [2.05, 4.69) is 10.6 Å². The van der Waals surface area contributed by atoms with Crippen LogP contribution in [-0.4, -0.2) is 29.0 Å². The predicted molar refractivity (Wildman–Crippen MR) is 129 cm³/mol. The number of halogens is 1. The van der Waals surface area contributed by atoms with Crippen LogP contribution in [0.2, 0.25) is 0 Å². The summed E-state index contributed by atoms with van der Waals surface area (Å²) < 4.78 is 13.4. The zero-order valence-corrected chi connectivity index (χ0v) is 18.8. The molecule has 1 saturated carbocycles. The van der Waals surface area contributed by atoms with Crippen molar-refractivity contribution in [1.82, 2.24) is 16.1 Å². The minimum Gasteiger partial charge on any atom is -0.349 e. The number of hydroxylamine groups is 1. The van der Waals surface area contributed by atoms with E-state index in [4.69, 9.17) is 5.21 Å². The van der Waals surface area contributed by atoms with Crippen molar-refractivity contribution in [3.8, 4) is 0 Å². The van der Waals surface area contributed by atoms with Crippen LogP contribution < -0.4 is 16.1 Å². The molecule has 0 aliphatic heterocycles. The van der Waals surface area contributed by atoms with Gasteiger partial charge in [-0.2, -0.15) is 0 Å². The molecule has 3 aromatic rings. The lowest BCUT2D eigenvalue weighted by atomic mass is 10.0. The van der Waals surface area contributed by atoms with Gasteiger partial charge >= 0.3 is 0 Å². The van der Waals surface area contributed by atoms with E-state index >= 15 is 0 Å². The van der Waals surface area contributed by atoms with E-state index in [9.17, 15) is 18.8 Å². The Morgan fingerprint density at radius 2 is 1.40 bits per heavy atom. The van der Waals surface area contributed by atoms with Gasteiger partial charge in [0.15, 0.2) is 0 Å². The van der Waals surface area contributed by atoms with E-state index in [1.165, 1.54) is 12.1 Å². The summed E-state index contributed by atoms with van der Waals surface area (Å²) in [5.41, 5.74) is 4.86. The molecule has 0 spiro atoms. The zero-order chi connectivity index (χ0) is 24.8. The number of hydrogen-bond acceptors (Lipinski definition) is 4. The third-order valence-electron chi connectivity index (χ3n) is 5.57. The number of benzene rings is 3. The number of carbonyl (C=O) groups excluding carboxylic acids is 3. The first kappa shape index (κ1) is 23.8. The maximum Gasteiger partial charge on any atom is 0.274 e. The van der Waals surface area contributed by atoms with E-state index in [0.29, 0.717) is 22.3 Å². The molecule has 178 valence electrons. The highest BCUT2D eigenvalue weighted by molar-refractivity contribution is 6.24. The Balaban J connectivity index is 1.44. The second-order valence-electron chi connectivity index (χ2n) is 8.26. The summed E-state index contributed by atoms with van der Waals surface area (Å²) in [5.74, 6) is -1.48. The van der Waals surface area contributed by atoms with E-state index in [1.54, 1.807) is 72.2 Å². The summed E-state index contributed by atoms with van der Waals surface area (Å²) in [7, 11) is 0. The summed E-state index contributed by atoms with van der Waals surface area (Å²) in [6, 6.07) is 19.2. The van der Waals surface area contributed by atoms with Crippen LogP contribution in [0.15, 0.2) is 72.8 Å². The predicted octanol–water partition coefficient (Wildman–Crippen LogP) is 3.69. The molecule has 7 nitrogen and oxygen atoms in total. The largest absolute Gasteiger partial charge is 0.349 e. The summed E-state index contributed by atoms with van der Waals surface area (Å²) in [6.07, 6.45) is 3.62. The van der Waals surface area contributed by atoms with E-state index < -0.39 is 5.91 Å². The second-order valence-corrected chi connectivity index (χ2v) is 8.26. The van der Waals surface area contributed by atoms with Crippen molar-refractivity contribution in [3.63, 3.8) is 0 Å². The van der Waals surface area contributed by atoms with Gasteiger partial charge in [0.1, 0.15) is 5.82 Å². The van der Waals surface area contributed by atoms with Gasteiger partial charge in [0.2, 0.25) is 0 Å². The number of carbonyl (C=O) groups is 3. The topological polar surface area (TPSA) is 108 Å². The Bertz CT molecular complexity index is 1250. The maximum atomic E-state index is 13.4. The minimum absolute atomic E-state index is 0.181. The highest BCUT2D eigenvalue weighted by Crippen LogP contribution is 2.24. The standard InChI is InChI=1S/C27H24FN3O4/c28-22-11-9-19(10-12-22)24(27(34)30-23-13-14-23)15-17-1-5-20(6-2-17)25(32)29-16-18-3-7-21(8-4-18)26(33)31-35/h1-12,15,23,35H,13-14,16H2,(H,29,32)(H,30,34)(H,31,33). The van der Waals surface area contributed by atoms with Crippen LogP contribution in [0.4, 0.5) is 4.39 Å². The van der Waals surface area contributed by atoms with Gasteiger partial charge in [-0.1, -0.05) is 36.4 Å². The van der Waals surface area contributed by atoms with E-state index in [0.717, 1.165) is 24.0 Å². The third-order valence-corrected chi connectivity index (χ3v) is 5.57. The molecule has 1 aliphatic rings. The molecule has 1 aliphatic carbocycles. The first-order valence-electron chi connectivity index (χ1n) is 11.1. The van der Waals surface area contributed by atoms with Crippen molar-refractivity contribution < 1.29 is 24.0 Å². The third kappa shape index (κ3) is 6.39. The molecule has 8 heteroatoms. The molecule has 3 amide bonds. The van der Waals surface area contributed by atoms with Crippen LogP contribution in [0.1, 0.15) is 50.2 Å². The van der Waals surface area contributed by atoms with Gasteiger partial charge in [-0.3, -0.25) is 19.6 Å². The lowest BCUT2D eigenvalue weighted by Crippen LogP contribution is -2.26. The highest BCUT2D eigenvalue weighted by atomic mass is 19.1. The smallest absolute Gasteiger partial charge is 0.274 e. The molecule has 0 bridgehead atoms. The number of amides is 3. The van der Waals surface area contributed by atoms with Crippen molar-refractivity contribution in [2.24, 2.45) is 0 Å². The monoisotopic (exact) mass is 473 g/mol. The molecule has 4 N–H and O–H groups in total. The first-order chi connectivity index (χ1) is 16.9. The van der Waals surface area contributed by atoms with Gasteiger partial charge in [0.05, 0.1) is 0 Å². The van der Waals surface area contributed by atoms with Gasteiger partial charge in [-0.25, -0.2) is 9.87 Å². The quantitative estimate of drug-likeness (QED) is 0.173. The first-order valence-corrected chi connectivity index (χ1v) is 11.1. The summed E-state index contributed by atoms with van der Waals surface area (Å²) in [6.45, 7) is 0.261. The molecule has 0 radical (unpaired) electrons. The van der Waals surface area contributed by atoms with Crippen molar-refractivity contribution in [2.75, 3.05) is 0 Å². The zero-order valence-electron chi connectivity index (χ0n) is 18.8. The van der Waals surface area contributed by atoms with Gasteiger partial charge in [0, 0.05) is 29.3 Å². The average Bonchev–Trinajstić information content (AvgIpc) is 3.70. The molecule has 1 fully saturated rings. The van der Waals surface area contributed by atoms with Crippen molar-refractivity contribution in [1.29, 1.82) is 0 Å². The molecule has 3 aromatic carbocycles. The Morgan fingerprint density at radius 3 is 2.00 bits per heavy atom. The molecular weight excluding hydrogens is 449 g/mol. The SMILES string of the molecule is O=C(NC1CC1)C(=Cc1ccc(C(=O)NCc2ccc(C(=O)NO)cc2)cc1)c1ccc(F)cc1. The van der Waals surface area contributed by atoms with Crippen molar-refractivity contribution >= 4 is 29.4 Å². The van der Waals surface area contributed by atoms with E-state index in [-0.39, 0.29) is 30.2 Å². The van der Waals surface area contributed by atoms with Gasteiger partial charge < -0.3 is 10.6 Å². The average molecular weight is 474 g/mol. The molecule has 35 heavy (non-hydrogen) atoms. The molecule has 0 heterocycles. The lowest BCUT2D eigenvalue weighted by Gasteiger charge is -2.10. The lowest BCUT2D eigenvalue weighted by molar-refractivity contribution is -0.115. The van der Waals surface area contributed by atoms with Gasteiger partial charge in [-0.15, -0.1) is 0 Å². The number of hydrogen-bond donors (Lipinski definition) is 4. The van der Waals surface area contributed by atoms with Gasteiger partial charge in [-0.05, 0) is 72.0 Å². The minimum atomic E-state index is -0.609. The number of rotatable bonds is 8. The molecular formula is C27H24FN3O4. The summed E-state index contributed by atoms with van der Waals surface area (Å²) >= 11 is 0. The van der Waals surface area contributed by atoms with Crippen LogP contribution in [0.5, 0.6) is 0 Å². The van der Waals surface area contributed by atoms with Crippen LogP contribution in [0, 0.1) is 5.82 Å². The highest BCUT2D eigenvalue weighted by Gasteiger charge is 2.25. The normalized spacial score (nSPS) is 13.1. The Kier molecular flexibility index (Phi) is 7.32.